The van der Waals surface area contributed by atoms with Gasteiger partial charge in [0.05, 0.1) is 13.7 Å². The fourth-order valence-corrected chi connectivity index (χ4v) is 1.82. The summed E-state index contributed by atoms with van der Waals surface area (Å²) in [6.07, 6.45) is 0.961. The fraction of sp³-hybridized carbons (Fsp3) is 0.571. The monoisotopic (exact) mass is 271 g/mol. The molecule has 3 nitrogen and oxygen atoms in total. The Kier molecular flexibility index (Phi) is 6.30. The van der Waals surface area contributed by atoms with E-state index < -0.39 is 0 Å². The van der Waals surface area contributed by atoms with Gasteiger partial charge in [-0.2, -0.15) is 0 Å². The van der Waals surface area contributed by atoms with Gasteiger partial charge in [-0.3, -0.25) is 0 Å². The minimum absolute atomic E-state index is 0.411. The molecule has 0 saturated heterocycles. The molecule has 0 unspecified atom stereocenters. The van der Waals surface area contributed by atoms with E-state index in [0.29, 0.717) is 30.0 Å². The van der Waals surface area contributed by atoms with Gasteiger partial charge in [-0.1, -0.05) is 32.4 Å². The first-order valence-electron chi connectivity index (χ1n) is 6.31. The van der Waals surface area contributed by atoms with E-state index in [0.717, 1.165) is 17.7 Å². The molecule has 0 saturated carbocycles. The second kappa shape index (κ2) is 7.49. The number of ether oxygens (including phenoxy) is 2. The van der Waals surface area contributed by atoms with Crippen molar-refractivity contribution in [3.63, 3.8) is 0 Å². The highest BCUT2D eigenvalue weighted by atomic mass is 35.5. The topological polar surface area (TPSA) is 30.5 Å². The third-order valence-corrected chi connectivity index (χ3v) is 2.69. The first kappa shape index (κ1) is 15.1. The summed E-state index contributed by atoms with van der Waals surface area (Å²) >= 11 is 6.09. The molecule has 102 valence electrons. The SMILES string of the molecule is CCCOc1c(CNC(C)C)cc(Cl)cc1OC. The van der Waals surface area contributed by atoms with Crippen LogP contribution < -0.4 is 14.8 Å². The van der Waals surface area contributed by atoms with E-state index in [2.05, 4.69) is 26.1 Å². The Labute approximate surface area is 114 Å². The first-order valence-corrected chi connectivity index (χ1v) is 6.68. The second-order valence-electron chi connectivity index (χ2n) is 4.48. The molecule has 0 fully saturated rings. The van der Waals surface area contributed by atoms with Crippen LogP contribution in [0.15, 0.2) is 12.1 Å². The molecule has 1 aromatic rings. The zero-order valence-corrected chi connectivity index (χ0v) is 12.3. The zero-order valence-electron chi connectivity index (χ0n) is 11.5. The van der Waals surface area contributed by atoms with Crippen LogP contribution in [0.3, 0.4) is 0 Å². The highest BCUT2D eigenvalue weighted by Crippen LogP contribution is 2.34. The van der Waals surface area contributed by atoms with E-state index in [4.69, 9.17) is 21.1 Å². The third-order valence-electron chi connectivity index (χ3n) is 2.47. The molecule has 0 aliphatic carbocycles. The molecular formula is C14H22ClNO2. The lowest BCUT2D eigenvalue weighted by Gasteiger charge is -2.17. The summed E-state index contributed by atoms with van der Waals surface area (Å²) in [6.45, 7) is 7.68. The van der Waals surface area contributed by atoms with Crippen molar-refractivity contribution < 1.29 is 9.47 Å². The Morgan fingerprint density at radius 2 is 2.06 bits per heavy atom. The molecule has 0 bridgehead atoms. The molecule has 1 rings (SSSR count). The summed E-state index contributed by atoms with van der Waals surface area (Å²) in [5.41, 5.74) is 1.03. The van der Waals surface area contributed by atoms with Gasteiger partial charge >= 0.3 is 0 Å². The van der Waals surface area contributed by atoms with Crippen LogP contribution in [0.25, 0.3) is 0 Å². The average molecular weight is 272 g/mol. The quantitative estimate of drug-likeness (QED) is 0.821. The Hall–Kier alpha value is -0.930. The number of benzene rings is 1. The molecule has 0 aliphatic heterocycles. The van der Waals surface area contributed by atoms with Crippen molar-refractivity contribution in [1.82, 2.24) is 5.32 Å². The lowest BCUT2D eigenvalue weighted by molar-refractivity contribution is 0.290. The van der Waals surface area contributed by atoms with E-state index in [9.17, 15) is 0 Å². The molecule has 0 amide bonds. The number of rotatable bonds is 7. The normalized spacial score (nSPS) is 10.8. The largest absolute Gasteiger partial charge is 0.493 e. The van der Waals surface area contributed by atoms with E-state index in [1.54, 1.807) is 13.2 Å². The van der Waals surface area contributed by atoms with Gasteiger partial charge in [0, 0.05) is 29.2 Å². The van der Waals surface area contributed by atoms with Crippen molar-refractivity contribution in [3.8, 4) is 11.5 Å². The van der Waals surface area contributed by atoms with Gasteiger partial charge < -0.3 is 14.8 Å². The van der Waals surface area contributed by atoms with Crippen LogP contribution in [0.4, 0.5) is 0 Å². The molecule has 18 heavy (non-hydrogen) atoms. The van der Waals surface area contributed by atoms with E-state index in [1.165, 1.54) is 0 Å². The predicted molar refractivity (Wildman–Crippen MR) is 75.8 cm³/mol. The third kappa shape index (κ3) is 4.39. The molecule has 0 spiro atoms. The molecule has 0 aliphatic rings. The van der Waals surface area contributed by atoms with Crippen LogP contribution >= 0.6 is 11.6 Å². The Bertz CT molecular complexity index is 380. The number of halogens is 1. The molecule has 1 aromatic carbocycles. The molecule has 0 heterocycles. The molecular weight excluding hydrogens is 250 g/mol. The van der Waals surface area contributed by atoms with Gasteiger partial charge in [0.25, 0.3) is 0 Å². The Balaban J connectivity index is 2.98. The maximum Gasteiger partial charge on any atom is 0.165 e. The van der Waals surface area contributed by atoms with Crippen molar-refractivity contribution in [1.29, 1.82) is 0 Å². The highest BCUT2D eigenvalue weighted by molar-refractivity contribution is 6.30. The summed E-state index contributed by atoms with van der Waals surface area (Å²) in [5.74, 6) is 1.48. The maximum absolute atomic E-state index is 6.09. The Morgan fingerprint density at radius 1 is 1.33 bits per heavy atom. The smallest absolute Gasteiger partial charge is 0.165 e. The summed E-state index contributed by atoms with van der Waals surface area (Å²) < 4.78 is 11.1. The van der Waals surface area contributed by atoms with Gasteiger partial charge in [-0.05, 0) is 12.5 Å². The van der Waals surface area contributed by atoms with Crippen LogP contribution in [0, 0.1) is 0 Å². The van der Waals surface area contributed by atoms with Crippen molar-refractivity contribution in [2.45, 2.75) is 39.8 Å². The van der Waals surface area contributed by atoms with Gasteiger partial charge in [-0.15, -0.1) is 0 Å². The summed E-state index contributed by atoms with van der Waals surface area (Å²) in [5, 5.41) is 4.03. The van der Waals surface area contributed by atoms with Gasteiger partial charge in [0.1, 0.15) is 0 Å². The first-order chi connectivity index (χ1) is 8.58. The van der Waals surface area contributed by atoms with E-state index >= 15 is 0 Å². The van der Waals surface area contributed by atoms with Crippen LogP contribution in [0.2, 0.25) is 5.02 Å². The second-order valence-corrected chi connectivity index (χ2v) is 4.92. The molecule has 0 atom stereocenters. The van der Waals surface area contributed by atoms with Crippen molar-refractivity contribution in [2.24, 2.45) is 0 Å². The van der Waals surface area contributed by atoms with Gasteiger partial charge in [0.15, 0.2) is 11.5 Å². The number of hydrogen-bond acceptors (Lipinski definition) is 3. The van der Waals surface area contributed by atoms with E-state index in [1.807, 2.05) is 6.07 Å². The lowest BCUT2D eigenvalue weighted by Crippen LogP contribution is -2.22. The summed E-state index contributed by atoms with van der Waals surface area (Å²) in [4.78, 5) is 0. The van der Waals surface area contributed by atoms with Crippen LogP contribution in [-0.4, -0.2) is 19.8 Å². The molecule has 4 heteroatoms. The number of hydrogen-bond donors (Lipinski definition) is 1. The fourth-order valence-electron chi connectivity index (χ4n) is 1.59. The number of methoxy groups -OCH3 is 1. The van der Waals surface area contributed by atoms with Crippen molar-refractivity contribution >= 4 is 11.6 Å². The average Bonchev–Trinajstić information content (AvgIpc) is 2.34. The van der Waals surface area contributed by atoms with Gasteiger partial charge in [0.2, 0.25) is 0 Å². The van der Waals surface area contributed by atoms with Gasteiger partial charge in [-0.25, -0.2) is 0 Å². The maximum atomic E-state index is 6.09. The standard InChI is InChI=1S/C14H22ClNO2/c1-5-6-18-14-11(9-16-10(2)3)7-12(15)8-13(14)17-4/h7-8,10,16H,5-6,9H2,1-4H3. The van der Waals surface area contributed by atoms with Crippen molar-refractivity contribution in [2.75, 3.05) is 13.7 Å². The predicted octanol–water partition coefficient (Wildman–Crippen LogP) is 3.64. The minimum Gasteiger partial charge on any atom is -0.493 e. The minimum atomic E-state index is 0.411. The summed E-state index contributed by atoms with van der Waals surface area (Å²) in [6, 6.07) is 4.12. The van der Waals surface area contributed by atoms with Crippen molar-refractivity contribution in [3.05, 3.63) is 22.7 Å². The summed E-state index contributed by atoms with van der Waals surface area (Å²) in [7, 11) is 1.63. The lowest BCUT2D eigenvalue weighted by atomic mass is 10.1. The highest BCUT2D eigenvalue weighted by Gasteiger charge is 2.12. The molecule has 0 aromatic heterocycles. The van der Waals surface area contributed by atoms with Crippen LogP contribution in [-0.2, 0) is 6.54 Å². The molecule has 1 N–H and O–H groups in total. The van der Waals surface area contributed by atoms with E-state index in [-0.39, 0.29) is 0 Å². The zero-order chi connectivity index (χ0) is 13.5. The van der Waals surface area contributed by atoms with Crippen LogP contribution in [0.5, 0.6) is 11.5 Å². The molecule has 0 radical (unpaired) electrons. The Morgan fingerprint density at radius 3 is 2.61 bits per heavy atom. The van der Waals surface area contributed by atoms with Crippen LogP contribution in [0.1, 0.15) is 32.8 Å². The number of nitrogens with one attached hydrogen (secondary N) is 1.